The molecule has 0 unspecified atom stereocenters. The number of H-pyrrole nitrogens is 1. The van der Waals surface area contributed by atoms with E-state index in [0.717, 1.165) is 22.6 Å². The van der Waals surface area contributed by atoms with Crippen LogP contribution >= 0.6 is 11.6 Å². The van der Waals surface area contributed by atoms with Crippen molar-refractivity contribution in [2.75, 3.05) is 10.6 Å². The summed E-state index contributed by atoms with van der Waals surface area (Å²) >= 11 is 6.02. The van der Waals surface area contributed by atoms with Gasteiger partial charge in [-0.3, -0.25) is 4.79 Å². The number of aromatic nitrogens is 1. The highest BCUT2D eigenvalue weighted by molar-refractivity contribution is 6.31. The maximum Gasteiger partial charge on any atom is 0.257 e. The largest absolute Gasteiger partial charge is 0.361 e. The normalized spacial score (nSPS) is 12.7. The molecule has 0 atom stereocenters. The first-order valence-electron chi connectivity index (χ1n) is 6.86. The zero-order valence-corrected chi connectivity index (χ0v) is 12.2. The van der Waals surface area contributed by atoms with E-state index in [1.54, 1.807) is 18.2 Å². The predicted octanol–water partition coefficient (Wildman–Crippen LogP) is 4.64. The number of rotatable bonds is 1. The van der Waals surface area contributed by atoms with E-state index >= 15 is 0 Å². The van der Waals surface area contributed by atoms with Crippen LogP contribution < -0.4 is 10.6 Å². The van der Waals surface area contributed by atoms with Gasteiger partial charge in [-0.1, -0.05) is 17.7 Å². The first kappa shape index (κ1) is 13.0. The Morgan fingerprint density at radius 3 is 2.59 bits per heavy atom. The lowest BCUT2D eigenvalue weighted by atomic mass is 10.1. The van der Waals surface area contributed by atoms with E-state index < -0.39 is 0 Å². The molecule has 3 aromatic rings. The number of nitrogens with one attached hydrogen (secondary N) is 3. The lowest BCUT2D eigenvalue weighted by Gasteiger charge is -2.10. The molecule has 1 amide bonds. The van der Waals surface area contributed by atoms with Crippen LogP contribution in [0.2, 0.25) is 5.02 Å². The van der Waals surface area contributed by atoms with Crippen LogP contribution in [0, 0.1) is 0 Å². The number of carbonyl (C=O) groups is 1. The van der Waals surface area contributed by atoms with Crippen LogP contribution in [0.1, 0.15) is 10.4 Å². The van der Waals surface area contributed by atoms with Crippen molar-refractivity contribution in [3.63, 3.8) is 0 Å². The second-order valence-corrected chi connectivity index (χ2v) is 5.55. The summed E-state index contributed by atoms with van der Waals surface area (Å²) < 4.78 is 0. The molecule has 1 aliphatic heterocycles. The maximum atomic E-state index is 12.4. The molecule has 1 aromatic heterocycles. The number of aromatic amines is 1. The van der Waals surface area contributed by atoms with Gasteiger partial charge in [-0.05, 0) is 42.5 Å². The third-order valence-corrected chi connectivity index (χ3v) is 3.91. The molecule has 0 fully saturated rings. The molecular formula is C17H12ClN3O. The monoisotopic (exact) mass is 309 g/mol. The van der Waals surface area contributed by atoms with Gasteiger partial charge in [0.25, 0.3) is 5.91 Å². The van der Waals surface area contributed by atoms with Crippen LogP contribution in [0.25, 0.3) is 11.3 Å². The summed E-state index contributed by atoms with van der Waals surface area (Å²) in [5.41, 5.74) is 4.86. The highest BCUT2D eigenvalue weighted by Gasteiger charge is 2.19. The van der Waals surface area contributed by atoms with Crippen molar-refractivity contribution in [1.82, 2.24) is 4.98 Å². The smallest absolute Gasteiger partial charge is 0.257 e. The maximum absolute atomic E-state index is 12.4. The van der Waals surface area contributed by atoms with E-state index in [2.05, 4.69) is 15.6 Å². The molecule has 2 aromatic carbocycles. The van der Waals surface area contributed by atoms with Crippen molar-refractivity contribution < 1.29 is 4.79 Å². The van der Waals surface area contributed by atoms with E-state index in [1.165, 1.54) is 0 Å². The lowest BCUT2D eigenvalue weighted by Crippen LogP contribution is -2.10. The Bertz CT molecular complexity index is 872. The molecule has 0 radical (unpaired) electrons. The standard InChI is InChI=1S/C17H12ClN3O/c18-11-4-5-12-15(9-11)20-14-6-3-10(13-2-1-7-19-13)8-16(14)21-17(12)22/h1-9,19-20H,(H,21,22). The Kier molecular flexibility index (Phi) is 2.91. The Morgan fingerprint density at radius 2 is 1.77 bits per heavy atom. The van der Waals surface area contributed by atoms with E-state index in [4.69, 9.17) is 11.6 Å². The van der Waals surface area contributed by atoms with Gasteiger partial charge in [0.15, 0.2) is 0 Å². The summed E-state index contributed by atoms with van der Waals surface area (Å²) in [5.74, 6) is -0.151. The van der Waals surface area contributed by atoms with Crippen LogP contribution in [-0.2, 0) is 0 Å². The SMILES string of the molecule is O=C1Nc2cc(-c3ccc[nH]3)ccc2Nc2cc(Cl)ccc21. The zero-order valence-electron chi connectivity index (χ0n) is 11.5. The first-order chi connectivity index (χ1) is 10.7. The quantitative estimate of drug-likeness (QED) is 0.613. The number of benzene rings is 2. The van der Waals surface area contributed by atoms with Gasteiger partial charge < -0.3 is 15.6 Å². The number of carbonyl (C=O) groups excluding carboxylic acids is 1. The van der Waals surface area contributed by atoms with Crippen molar-refractivity contribution in [3.8, 4) is 11.3 Å². The van der Waals surface area contributed by atoms with Crippen LogP contribution in [0.15, 0.2) is 54.7 Å². The number of hydrogen-bond acceptors (Lipinski definition) is 2. The second kappa shape index (κ2) is 4.93. The van der Waals surface area contributed by atoms with Gasteiger partial charge >= 0.3 is 0 Å². The fraction of sp³-hybridized carbons (Fsp3) is 0. The molecule has 3 N–H and O–H groups in total. The Labute approximate surface area is 132 Å². The summed E-state index contributed by atoms with van der Waals surface area (Å²) in [5, 5.41) is 6.80. The zero-order chi connectivity index (χ0) is 15.1. The van der Waals surface area contributed by atoms with Crippen molar-refractivity contribution in [2.45, 2.75) is 0 Å². The van der Waals surface area contributed by atoms with Gasteiger partial charge in [0.05, 0.1) is 22.6 Å². The van der Waals surface area contributed by atoms with E-state index in [1.807, 2.05) is 36.5 Å². The fourth-order valence-electron chi connectivity index (χ4n) is 2.59. The average molecular weight is 310 g/mol. The van der Waals surface area contributed by atoms with Gasteiger partial charge in [-0.15, -0.1) is 0 Å². The molecule has 2 heterocycles. The number of halogens is 1. The fourth-order valence-corrected chi connectivity index (χ4v) is 2.76. The van der Waals surface area contributed by atoms with Gasteiger partial charge in [0.1, 0.15) is 0 Å². The third-order valence-electron chi connectivity index (χ3n) is 3.67. The molecule has 0 saturated heterocycles. The number of hydrogen-bond donors (Lipinski definition) is 3. The molecule has 0 bridgehead atoms. The number of amides is 1. The summed E-state index contributed by atoms with van der Waals surface area (Å²) in [6.45, 7) is 0. The van der Waals surface area contributed by atoms with Crippen molar-refractivity contribution >= 4 is 34.6 Å². The van der Waals surface area contributed by atoms with Gasteiger partial charge in [-0.25, -0.2) is 0 Å². The van der Waals surface area contributed by atoms with E-state index in [9.17, 15) is 4.79 Å². The van der Waals surface area contributed by atoms with Gasteiger partial charge in [0, 0.05) is 22.5 Å². The predicted molar refractivity (Wildman–Crippen MR) is 88.9 cm³/mol. The van der Waals surface area contributed by atoms with Crippen molar-refractivity contribution in [1.29, 1.82) is 0 Å². The molecule has 0 aliphatic carbocycles. The average Bonchev–Trinajstić information content (AvgIpc) is 2.99. The summed E-state index contributed by atoms with van der Waals surface area (Å²) in [6.07, 6.45) is 1.87. The third kappa shape index (κ3) is 2.14. The minimum atomic E-state index is -0.151. The Balaban J connectivity index is 1.81. The highest BCUT2D eigenvalue weighted by Crippen LogP contribution is 2.35. The lowest BCUT2D eigenvalue weighted by molar-refractivity contribution is 0.102. The Hall–Kier alpha value is -2.72. The first-order valence-corrected chi connectivity index (χ1v) is 7.24. The molecule has 108 valence electrons. The molecule has 4 rings (SSSR count). The Morgan fingerprint density at radius 1 is 0.864 bits per heavy atom. The molecule has 1 aliphatic rings. The van der Waals surface area contributed by atoms with Crippen LogP contribution in [0.4, 0.5) is 17.1 Å². The van der Waals surface area contributed by atoms with E-state index in [0.29, 0.717) is 16.3 Å². The molecule has 4 nitrogen and oxygen atoms in total. The van der Waals surface area contributed by atoms with Crippen LogP contribution in [0.3, 0.4) is 0 Å². The van der Waals surface area contributed by atoms with Gasteiger partial charge in [-0.2, -0.15) is 0 Å². The van der Waals surface area contributed by atoms with Crippen LogP contribution in [-0.4, -0.2) is 10.9 Å². The molecule has 22 heavy (non-hydrogen) atoms. The summed E-state index contributed by atoms with van der Waals surface area (Å²) in [4.78, 5) is 15.5. The second-order valence-electron chi connectivity index (χ2n) is 5.11. The molecule has 0 saturated carbocycles. The number of fused-ring (bicyclic) bond motifs is 2. The minimum absolute atomic E-state index is 0.151. The summed E-state index contributed by atoms with van der Waals surface area (Å²) in [6, 6.07) is 15.0. The molecule has 0 spiro atoms. The van der Waals surface area contributed by atoms with Crippen LogP contribution in [0.5, 0.6) is 0 Å². The highest BCUT2D eigenvalue weighted by atomic mass is 35.5. The van der Waals surface area contributed by atoms with E-state index in [-0.39, 0.29) is 5.91 Å². The number of anilines is 3. The van der Waals surface area contributed by atoms with Crippen molar-refractivity contribution in [3.05, 3.63) is 65.3 Å². The minimum Gasteiger partial charge on any atom is -0.361 e. The topological polar surface area (TPSA) is 56.9 Å². The van der Waals surface area contributed by atoms with Crippen molar-refractivity contribution in [2.24, 2.45) is 0 Å². The molecule has 5 heteroatoms. The molecular weight excluding hydrogens is 298 g/mol. The summed E-state index contributed by atoms with van der Waals surface area (Å²) in [7, 11) is 0. The van der Waals surface area contributed by atoms with Gasteiger partial charge in [0.2, 0.25) is 0 Å².